The molecule has 76 valence electrons. The molecule has 14 heavy (non-hydrogen) atoms. The van der Waals surface area contributed by atoms with Crippen LogP contribution in [0.3, 0.4) is 0 Å². The molecule has 0 atom stereocenters. The molecule has 0 spiro atoms. The van der Waals surface area contributed by atoms with Crippen LogP contribution in [0.1, 0.15) is 35.5 Å². The topological polar surface area (TPSA) is 30.0 Å². The van der Waals surface area contributed by atoms with Gasteiger partial charge in [-0.05, 0) is 39.3 Å². The first-order chi connectivity index (χ1) is 6.32. The highest BCUT2D eigenvalue weighted by atomic mass is 19.1. The molecule has 0 fully saturated rings. The fourth-order valence-electron chi connectivity index (χ4n) is 1.11. The van der Waals surface area contributed by atoms with Crippen molar-refractivity contribution in [2.45, 2.75) is 33.4 Å². The molecule has 0 saturated heterocycles. The summed E-state index contributed by atoms with van der Waals surface area (Å²) in [6, 6.07) is 1.67. The Morgan fingerprint density at radius 2 is 2.00 bits per heavy atom. The number of hydrogen-bond donors (Lipinski definition) is 0. The summed E-state index contributed by atoms with van der Waals surface area (Å²) < 4.78 is 13.3. The molecule has 0 N–H and O–H groups in total. The molecule has 0 aliphatic rings. The second-order valence-corrected chi connectivity index (χ2v) is 3.93. The maximum atomic E-state index is 13.3. The molecule has 0 bridgehead atoms. The molecular formula is C11H14FNO. The Hall–Kier alpha value is -1.25. The van der Waals surface area contributed by atoms with Crippen molar-refractivity contribution in [3.05, 3.63) is 29.1 Å². The van der Waals surface area contributed by atoms with Crippen molar-refractivity contribution in [1.82, 2.24) is 4.98 Å². The average Bonchev–Trinajstić information content (AvgIpc) is 2.07. The van der Waals surface area contributed by atoms with Gasteiger partial charge in [0.05, 0.1) is 0 Å². The minimum absolute atomic E-state index is 0.334. The van der Waals surface area contributed by atoms with Crippen molar-refractivity contribution in [2.24, 2.45) is 0 Å². The molecule has 0 unspecified atom stereocenters. The number of halogens is 1. The highest BCUT2D eigenvalue weighted by molar-refractivity contribution is 6.01. The van der Waals surface area contributed by atoms with E-state index in [1.165, 1.54) is 20.0 Å². The van der Waals surface area contributed by atoms with Crippen molar-refractivity contribution < 1.29 is 9.18 Å². The number of Topliss-reactive ketones (excluding diaryl/α,β-unsaturated/α-hetero) is 1. The summed E-state index contributed by atoms with van der Waals surface area (Å²) in [6.45, 7) is 6.21. The quantitative estimate of drug-likeness (QED) is 0.679. The van der Waals surface area contributed by atoms with Crippen LogP contribution in [0.4, 0.5) is 4.39 Å². The number of nitrogens with zero attached hydrogens (tertiary/aromatic N) is 1. The highest BCUT2D eigenvalue weighted by Gasteiger charge is 2.28. The van der Waals surface area contributed by atoms with Crippen molar-refractivity contribution in [2.75, 3.05) is 0 Å². The zero-order valence-electron chi connectivity index (χ0n) is 8.89. The summed E-state index contributed by atoms with van der Waals surface area (Å²) in [5.41, 5.74) is 0.266. The number of aryl methyl sites for hydroxylation is 2. The molecular weight excluding hydrogens is 181 g/mol. The van der Waals surface area contributed by atoms with Crippen molar-refractivity contribution in [3.63, 3.8) is 0 Å². The minimum Gasteiger partial charge on any atom is -0.291 e. The Kier molecular flexibility index (Phi) is 2.69. The third-order valence-corrected chi connectivity index (χ3v) is 2.14. The molecule has 0 amide bonds. The predicted molar refractivity (Wildman–Crippen MR) is 53.2 cm³/mol. The van der Waals surface area contributed by atoms with Gasteiger partial charge in [-0.2, -0.15) is 0 Å². The van der Waals surface area contributed by atoms with Gasteiger partial charge < -0.3 is 0 Å². The summed E-state index contributed by atoms with van der Waals surface area (Å²) in [7, 11) is 0. The molecule has 1 heterocycles. The van der Waals surface area contributed by atoms with Crippen LogP contribution in [-0.4, -0.2) is 16.4 Å². The molecule has 0 saturated carbocycles. The lowest BCUT2D eigenvalue weighted by Crippen LogP contribution is -2.26. The van der Waals surface area contributed by atoms with Gasteiger partial charge in [0.1, 0.15) is 0 Å². The Labute approximate surface area is 83.2 Å². The number of ketones is 1. The number of rotatable bonds is 2. The van der Waals surface area contributed by atoms with Crippen LogP contribution in [0.15, 0.2) is 12.3 Å². The van der Waals surface area contributed by atoms with Gasteiger partial charge in [-0.1, -0.05) is 0 Å². The monoisotopic (exact) mass is 195 g/mol. The first-order valence-electron chi connectivity index (χ1n) is 4.49. The SMILES string of the molecule is Cc1cc(C(=O)C(C)(C)F)cnc1C. The van der Waals surface area contributed by atoms with Gasteiger partial charge >= 0.3 is 0 Å². The highest BCUT2D eigenvalue weighted by Crippen LogP contribution is 2.17. The summed E-state index contributed by atoms with van der Waals surface area (Å²) in [5.74, 6) is -0.520. The standard InChI is InChI=1S/C11H14FNO/c1-7-5-9(6-13-8(7)2)10(14)11(3,4)12/h5-6H,1-4H3. The van der Waals surface area contributed by atoms with E-state index in [1.54, 1.807) is 6.07 Å². The van der Waals surface area contributed by atoms with E-state index in [1.807, 2.05) is 13.8 Å². The Bertz CT molecular complexity index is 366. The summed E-state index contributed by atoms with van der Waals surface area (Å²) in [6.07, 6.45) is 1.42. The van der Waals surface area contributed by atoms with Crippen molar-refractivity contribution >= 4 is 5.78 Å². The smallest absolute Gasteiger partial charge is 0.200 e. The Balaban J connectivity index is 3.10. The largest absolute Gasteiger partial charge is 0.291 e. The first-order valence-corrected chi connectivity index (χ1v) is 4.49. The van der Waals surface area contributed by atoms with E-state index in [9.17, 15) is 9.18 Å². The normalized spacial score (nSPS) is 11.5. The lowest BCUT2D eigenvalue weighted by Gasteiger charge is -2.12. The van der Waals surface area contributed by atoms with Gasteiger partial charge in [0.15, 0.2) is 5.67 Å². The van der Waals surface area contributed by atoms with Gasteiger partial charge in [-0.3, -0.25) is 9.78 Å². The van der Waals surface area contributed by atoms with Crippen LogP contribution in [0.25, 0.3) is 0 Å². The second kappa shape index (κ2) is 3.48. The van der Waals surface area contributed by atoms with Gasteiger partial charge in [0, 0.05) is 17.5 Å². The molecule has 0 aromatic carbocycles. The van der Waals surface area contributed by atoms with Crippen LogP contribution < -0.4 is 0 Å². The van der Waals surface area contributed by atoms with E-state index >= 15 is 0 Å². The fraction of sp³-hybridized carbons (Fsp3) is 0.455. The van der Waals surface area contributed by atoms with Gasteiger partial charge in [-0.15, -0.1) is 0 Å². The summed E-state index contributed by atoms with van der Waals surface area (Å²) >= 11 is 0. The van der Waals surface area contributed by atoms with E-state index in [0.717, 1.165) is 11.3 Å². The third-order valence-electron chi connectivity index (χ3n) is 2.14. The summed E-state index contributed by atoms with van der Waals surface area (Å²) in [5, 5.41) is 0. The number of carbonyl (C=O) groups excluding carboxylic acids is 1. The van der Waals surface area contributed by atoms with Gasteiger partial charge in [0.25, 0.3) is 0 Å². The van der Waals surface area contributed by atoms with Crippen LogP contribution in [0, 0.1) is 13.8 Å². The van der Waals surface area contributed by atoms with E-state index < -0.39 is 11.5 Å². The Morgan fingerprint density at radius 1 is 1.43 bits per heavy atom. The number of carbonyl (C=O) groups is 1. The predicted octanol–water partition coefficient (Wildman–Crippen LogP) is 2.63. The first kappa shape index (κ1) is 10.8. The van der Waals surface area contributed by atoms with E-state index in [0.29, 0.717) is 5.56 Å². The lowest BCUT2D eigenvalue weighted by molar-refractivity contribution is 0.0759. The zero-order chi connectivity index (χ0) is 10.9. The molecule has 1 aromatic heterocycles. The Morgan fingerprint density at radius 3 is 2.43 bits per heavy atom. The number of aromatic nitrogens is 1. The average molecular weight is 195 g/mol. The van der Waals surface area contributed by atoms with Gasteiger partial charge in [0.2, 0.25) is 5.78 Å². The third kappa shape index (κ3) is 2.16. The molecule has 3 heteroatoms. The van der Waals surface area contributed by atoms with E-state index in [2.05, 4.69) is 4.98 Å². The summed E-state index contributed by atoms with van der Waals surface area (Å²) in [4.78, 5) is 15.5. The maximum absolute atomic E-state index is 13.3. The number of hydrogen-bond acceptors (Lipinski definition) is 2. The molecule has 0 aliphatic carbocycles. The van der Waals surface area contributed by atoms with Crippen molar-refractivity contribution in [1.29, 1.82) is 0 Å². The van der Waals surface area contributed by atoms with Crippen LogP contribution in [0.2, 0.25) is 0 Å². The fourth-order valence-corrected chi connectivity index (χ4v) is 1.11. The van der Waals surface area contributed by atoms with Crippen LogP contribution >= 0.6 is 0 Å². The maximum Gasteiger partial charge on any atom is 0.200 e. The second-order valence-electron chi connectivity index (χ2n) is 3.93. The zero-order valence-corrected chi connectivity index (χ0v) is 8.89. The van der Waals surface area contributed by atoms with Crippen LogP contribution in [-0.2, 0) is 0 Å². The molecule has 2 nitrogen and oxygen atoms in total. The lowest BCUT2D eigenvalue weighted by atomic mass is 9.98. The van der Waals surface area contributed by atoms with Crippen LogP contribution in [0.5, 0.6) is 0 Å². The molecule has 1 rings (SSSR count). The molecule has 0 radical (unpaired) electrons. The molecule has 0 aliphatic heterocycles. The molecule has 1 aromatic rings. The number of pyridine rings is 1. The van der Waals surface area contributed by atoms with E-state index in [-0.39, 0.29) is 0 Å². The minimum atomic E-state index is -1.83. The van der Waals surface area contributed by atoms with E-state index in [4.69, 9.17) is 0 Å². The van der Waals surface area contributed by atoms with Gasteiger partial charge in [-0.25, -0.2) is 4.39 Å². The number of alkyl halides is 1. The van der Waals surface area contributed by atoms with Crippen molar-refractivity contribution in [3.8, 4) is 0 Å².